The van der Waals surface area contributed by atoms with Crippen LogP contribution in [-0.4, -0.2) is 15.6 Å². The van der Waals surface area contributed by atoms with Gasteiger partial charge >= 0.3 is 5.97 Å². The summed E-state index contributed by atoms with van der Waals surface area (Å²) in [5, 5.41) is 11.2. The number of carboxylic acids is 1. The molecule has 0 radical (unpaired) electrons. The minimum atomic E-state index is -0.943. The first kappa shape index (κ1) is 14.3. The van der Waals surface area contributed by atoms with Crippen LogP contribution >= 0.6 is 0 Å². The van der Waals surface area contributed by atoms with Gasteiger partial charge in [-0.1, -0.05) is 48.5 Å². The van der Waals surface area contributed by atoms with E-state index in [0.29, 0.717) is 0 Å². The van der Waals surface area contributed by atoms with E-state index in [1.807, 2.05) is 36.4 Å². The molecule has 0 amide bonds. The fourth-order valence-electron chi connectivity index (χ4n) is 3.10. The van der Waals surface area contributed by atoms with E-state index in [0.717, 1.165) is 28.4 Å². The lowest BCUT2D eigenvalue weighted by molar-refractivity contribution is -0.131. The van der Waals surface area contributed by atoms with Crippen molar-refractivity contribution in [2.45, 2.75) is 0 Å². The van der Waals surface area contributed by atoms with Crippen molar-refractivity contribution in [3.8, 4) is 5.69 Å². The maximum Gasteiger partial charge on any atom is 0.328 e. The predicted molar refractivity (Wildman–Crippen MR) is 97.5 cm³/mol. The van der Waals surface area contributed by atoms with E-state index in [2.05, 4.69) is 41.0 Å². The lowest BCUT2D eigenvalue weighted by Gasteiger charge is -2.08. The normalized spacial score (nSPS) is 11.5. The standard InChI is InChI=1S/C21H15NO2/c23-21(24)14-11-15-9-12-16(13-10-15)22-19-7-3-1-5-17(19)18-6-2-4-8-20(18)22/h1-14H,(H,23,24)/b14-11+. The number of carbonyl (C=O) groups is 1. The van der Waals surface area contributed by atoms with Crippen molar-refractivity contribution in [2.75, 3.05) is 0 Å². The Hall–Kier alpha value is -3.33. The molecule has 0 saturated carbocycles. The van der Waals surface area contributed by atoms with E-state index in [1.54, 1.807) is 6.08 Å². The molecule has 0 aliphatic heterocycles. The molecule has 0 aliphatic rings. The highest BCUT2D eigenvalue weighted by Gasteiger charge is 2.10. The Labute approximate surface area is 139 Å². The average molecular weight is 313 g/mol. The lowest BCUT2D eigenvalue weighted by atomic mass is 10.2. The van der Waals surface area contributed by atoms with Gasteiger partial charge in [0.25, 0.3) is 0 Å². The molecule has 1 heterocycles. The molecule has 0 saturated heterocycles. The number of carboxylic acid groups (broad SMARTS) is 1. The van der Waals surface area contributed by atoms with E-state index in [1.165, 1.54) is 10.8 Å². The van der Waals surface area contributed by atoms with Crippen molar-refractivity contribution in [3.63, 3.8) is 0 Å². The molecule has 1 aromatic heterocycles. The number of benzene rings is 3. The molecule has 1 N–H and O–H groups in total. The minimum absolute atomic E-state index is 0.863. The third kappa shape index (κ3) is 2.36. The van der Waals surface area contributed by atoms with Crippen LogP contribution in [0.5, 0.6) is 0 Å². The van der Waals surface area contributed by atoms with Crippen LogP contribution in [0.2, 0.25) is 0 Å². The summed E-state index contributed by atoms with van der Waals surface area (Å²) in [7, 11) is 0. The summed E-state index contributed by atoms with van der Waals surface area (Å²) in [5.74, 6) is -0.943. The Morgan fingerprint density at radius 1 is 0.792 bits per heavy atom. The number of fused-ring (bicyclic) bond motifs is 3. The molecule has 3 aromatic carbocycles. The summed E-state index contributed by atoms with van der Waals surface area (Å²) in [6.45, 7) is 0. The number of nitrogens with zero attached hydrogens (tertiary/aromatic N) is 1. The van der Waals surface area contributed by atoms with Crippen molar-refractivity contribution in [1.29, 1.82) is 0 Å². The zero-order valence-electron chi connectivity index (χ0n) is 12.9. The number of hydrogen-bond donors (Lipinski definition) is 1. The molecule has 116 valence electrons. The Morgan fingerprint density at radius 3 is 1.88 bits per heavy atom. The molecular formula is C21H15NO2. The molecule has 4 rings (SSSR count). The molecule has 3 heteroatoms. The Bertz CT molecular complexity index is 1020. The monoisotopic (exact) mass is 313 g/mol. The Morgan fingerprint density at radius 2 is 1.33 bits per heavy atom. The van der Waals surface area contributed by atoms with Crippen molar-refractivity contribution in [2.24, 2.45) is 0 Å². The molecule has 24 heavy (non-hydrogen) atoms. The zero-order valence-corrected chi connectivity index (χ0v) is 12.9. The summed E-state index contributed by atoms with van der Waals surface area (Å²) in [5.41, 5.74) is 4.24. The molecule has 0 atom stereocenters. The minimum Gasteiger partial charge on any atom is -0.478 e. The van der Waals surface area contributed by atoms with Crippen LogP contribution in [0, 0.1) is 0 Å². The number of hydrogen-bond acceptors (Lipinski definition) is 1. The Balaban J connectivity index is 1.90. The third-order valence-corrected chi connectivity index (χ3v) is 4.15. The molecule has 4 aromatic rings. The van der Waals surface area contributed by atoms with Gasteiger partial charge in [0.05, 0.1) is 11.0 Å². The molecule has 0 bridgehead atoms. The van der Waals surface area contributed by atoms with Crippen LogP contribution in [0.3, 0.4) is 0 Å². The van der Waals surface area contributed by atoms with Gasteiger partial charge in [0.1, 0.15) is 0 Å². The molecule has 3 nitrogen and oxygen atoms in total. The predicted octanol–water partition coefficient (Wildman–Crippen LogP) is 4.88. The average Bonchev–Trinajstić information content (AvgIpc) is 2.95. The second-order valence-corrected chi connectivity index (χ2v) is 5.63. The van der Waals surface area contributed by atoms with Gasteiger partial charge < -0.3 is 9.67 Å². The largest absolute Gasteiger partial charge is 0.478 e. The number of para-hydroxylation sites is 2. The highest BCUT2D eigenvalue weighted by molar-refractivity contribution is 6.09. The summed E-state index contributed by atoms with van der Waals surface area (Å²) < 4.78 is 2.23. The summed E-state index contributed by atoms with van der Waals surface area (Å²) in [4.78, 5) is 10.6. The topological polar surface area (TPSA) is 42.2 Å². The quantitative estimate of drug-likeness (QED) is 0.548. The Kier molecular flexibility index (Phi) is 3.39. The van der Waals surface area contributed by atoms with Gasteiger partial charge in [-0.05, 0) is 35.9 Å². The van der Waals surface area contributed by atoms with Crippen molar-refractivity contribution in [3.05, 3.63) is 84.4 Å². The van der Waals surface area contributed by atoms with Gasteiger partial charge in [0, 0.05) is 22.5 Å². The second-order valence-electron chi connectivity index (χ2n) is 5.63. The SMILES string of the molecule is O=C(O)/C=C/c1ccc(-n2c3ccccc3c3ccccc32)cc1. The fraction of sp³-hybridized carbons (Fsp3) is 0. The van der Waals surface area contributed by atoms with Gasteiger partial charge in [-0.2, -0.15) is 0 Å². The summed E-state index contributed by atoms with van der Waals surface area (Å²) >= 11 is 0. The number of aliphatic carboxylic acids is 1. The second kappa shape index (κ2) is 5.70. The molecule has 0 spiro atoms. The first-order valence-corrected chi connectivity index (χ1v) is 7.74. The van der Waals surface area contributed by atoms with Crippen LogP contribution in [0.15, 0.2) is 78.9 Å². The fourth-order valence-corrected chi connectivity index (χ4v) is 3.10. The molecule has 0 fully saturated rings. The third-order valence-electron chi connectivity index (χ3n) is 4.15. The van der Waals surface area contributed by atoms with Crippen molar-refractivity contribution >= 4 is 33.9 Å². The van der Waals surface area contributed by atoms with Crippen molar-refractivity contribution in [1.82, 2.24) is 4.57 Å². The summed E-state index contributed by atoms with van der Waals surface area (Å²) in [6.07, 6.45) is 2.74. The maximum atomic E-state index is 10.6. The molecule has 0 unspecified atom stereocenters. The van der Waals surface area contributed by atoms with E-state index in [-0.39, 0.29) is 0 Å². The van der Waals surface area contributed by atoms with Crippen LogP contribution in [0.25, 0.3) is 33.6 Å². The van der Waals surface area contributed by atoms with Gasteiger partial charge in [-0.15, -0.1) is 0 Å². The van der Waals surface area contributed by atoms with Crippen LogP contribution < -0.4 is 0 Å². The zero-order chi connectivity index (χ0) is 16.5. The van der Waals surface area contributed by atoms with E-state index in [9.17, 15) is 4.79 Å². The van der Waals surface area contributed by atoms with Crippen molar-refractivity contribution < 1.29 is 9.90 Å². The van der Waals surface area contributed by atoms with E-state index in [4.69, 9.17) is 5.11 Å². The highest BCUT2D eigenvalue weighted by Crippen LogP contribution is 2.31. The van der Waals surface area contributed by atoms with Gasteiger partial charge in [0.15, 0.2) is 0 Å². The molecule has 0 aliphatic carbocycles. The smallest absolute Gasteiger partial charge is 0.328 e. The van der Waals surface area contributed by atoms with Gasteiger partial charge in [-0.3, -0.25) is 0 Å². The van der Waals surface area contributed by atoms with Crippen LogP contribution in [0.1, 0.15) is 5.56 Å². The highest BCUT2D eigenvalue weighted by atomic mass is 16.4. The number of aromatic nitrogens is 1. The van der Waals surface area contributed by atoms with E-state index < -0.39 is 5.97 Å². The molecular weight excluding hydrogens is 298 g/mol. The maximum absolute atomic E-state index is 10.6. The lowest BCUT2D eigenvalue weighted by Crippen LogP contribution is -1.93. The van der Waals surface area contributed by atoms with E-state index >= 15 is 0 Å². The van der Waals surface area contributed by atoms with Crippen LogP contribution in [-0.2, 0) is 4.79 Å². The van der Waals surface area contributed by atoms with Crippen LogP contribution in [0.4, 0.5) is 0 Å². The summed E-state index contributed by atoms with van der Waals surface area (Å²) in [6, 6.07) is 24.6. The van der Waals surface area contributed by atoms with Gasteiger partial charge in [-0.25, -0.2) is 4.79 Å². The first-order valence-electron chi connectivity index (χ1n) is 7.74. The number of rotatable bonds is 3. The first-order chi connectivity index (χ1) is 11.7. The van der Waals surface area contributed by atoms with Gasteiger partial charge in [0.2, 0.25) is 0 Å².